The summed E-state index contributed by atoms with van der Waals surface area (Å²) >= 11 is 0. The van der Waals surface area contributed by atoms with Gasteiger partial charge in [0.1, 0.15) is 12.2 Å². The molecule has 0 bridgehead atoms. The highest BCUT2D eigenvalue weighted by atomic mass is 16.2. The average Bonchev–Trinajstić information content (AvgIpc) is 2.73. The van der Waals surface area contributed by atoms with E-state index >= 15 is 0 Å². The number of piperidine rings is 1. The van der Waals surface area contributed by atoms with Gasteiger partial charge in [0.15, 0.2) is 0 Å². The maximum atomic E-state index is 11.9. The average molecular weight is 250 g/mol. The molecule has 0 atom stereocenters. The van der Waals surface area contributed by atoms with Crippen LogP contribution in [0.3, 0.4) is 0 Å². The van der Waals surface area contributed by atoms with Crippen molar-refractivity contribution in [2.24, 2.45) is 5.41 Å². The van der Waals surface area contributed by atoms with E-state index in [1.165, 1.54) is 11.2 Å². The van der Waals surface area contributed by atoms with E-state index in [2.05, 4.69) is 15.2 Å². The summed E-state index contributed by atoms with van der Waals surface area (Å²) in [6, 6.07) is 0. The lowest BCUT2D eigenvalue weighted by Crippen LogP contribution is -2.46. The summed E-state index contributed by atoms with van der Waals surface area (Å²) in [5.41, 5.74) is -0.199. The lowest BCUT2D eigenvalue weighted by atomic mass is 9.82. The van der Waals surface area contributed by atoms with Crippen molar-refractivity contribution in [3.8, 4) is 0 Å². The number of H-pyrrole nitrogens is 1. The maximum absolute atomic E-state index is 11.9. The van der Waals surface area contributed by atoms with Crippen molar-refractivity contribution in [1.29, 1.82) is 0 Å². The first-order valence-electron chi connectivity index (χ1n) is 6.15. The Morgan fingerprint density at radius 2 is 2.00 bits per heavy atom. The minimum Gasteiger partial charge on any atom is -0.283 e. The Morgan fingerprint density at radius 1 is 1.33 bits per heavy atom. The Bertz CT molecular complexity index is 419. The van der Waals surface area contributed by atoms with E-state index in [-0.39, 0.29) is 17.2 Å². The molecule has 0 spiro atoms. The Morgan fingerprint density at radius 3 is 2.56 bits per heavy atom. The number of likely N-dealkylation sites (tertiary alicyclic amines) is 1. The van der Waals surface area contributed by atoms with Gasteiger partial charge in [-0.2, -0.15) is 5.10 Å². The molecule has 0 unspecified atom stereocenters. The third kappa shape index (κ3) is 2.94. The zero-order chi connectivity index (χ0) is 13.2. The summed E-state index contributed by atoms with van der Waals surface area (Å²) in [6.07, 6.45) is 3.75. The lowest BCUT2D eigenvalue weighted by molar-refractivity contribution is -0.152. The van der Waals surface area contributed by atoms with Gasteiger partial charge in [0.05, 0.1) is 0 Å². The van der Waals surface area contributed by atoms with Crippen LogP contribution in [0.1, 0.15) is 38.9 Å². The fourth-order valence-electron chi connectivity index (χ4n) is 2.22. The number of nitrogens with one attached hydrogen (secondary N) is 1. The molecular weight excluding hydrogens is 232 g/mol. The minimum absolute atomic E-state index is 0.0613. The highest BCUT2D eigenvalue weighted by molar-refractivity contribution is 5.98. The molecule has 0 aromatic carbocycles. The zero-order valence-corrected chi connectivity index (χ0v) is 10.8. The van der Waals surface area contributed by atoms with Gasteiger partial charge in [0.2, 0.25) is 11.8 Å². The van der Waals surface area contributed by atoms with E-state index in [0.717, 1.165) is 5.82 Å². The van der Waals surface area contributed by atoms with Crippen LogP contribution in [0.15, 0.2) is 6.33 Å². The van der Waals surface area contributed by atoms with E-state index in [1.807, 2.05) is 13.8 Å². The number of carbonyl (C=O) groups excluding carboxylic acids is 2. The lowest BCUT2D eigenvalue weighted by Gasteiger charge is -2.34. The SMILES string of the molecule is CC1(C)CC(=O)N(CCCc2ncn[nH]2)C(=O)C1. The van der Waals surface area contributed by atoms with Gasteiger partial charge in [-0.1, -0.05) is 13.8 Å². The van der Waals surface area contributed by atoms with Crippen molar-refractivity contribution in [3.63, 3.8) is 0 Å². The normalized spacial score (nSPS) is 19.3. The third-order valence-corrected chi connectivity index (χ3v) is 3.12. The van der Waals surface area contributed by atoms with Crippen molar-refractivity contribution < 1.29 is 9.59 Å². The first-order chi connectivity index (χ1) is 8.48. The summed E-state index contributed by atoms with van der Waals surface area (Å²) in [6.45, 7) is 4.37. The molecule has 0 aliphatic carbocycles. The molecule has 1 aliphatic rings. The fraction of sp³-hybridized carbons (Fsp3) is 0.667. The van der Waals surface area contributed by atoms with Gasteiger partial charge < -0.3 is 0 Å². The molecule has 0 radical (unpaired) electrons. The molecule has 18 heavy (non-hydrogen) atoms. The van der Waals surface area contributed by atoms with Gasteiger partial charge >= 0.3 is 0 Å². The highest BCUT2D eigenvalue weighted by Crippen LogP contribution is 2.31. The number of carbonyl (C=O) groups is 2. The van der Waals surface area contributed by atoms with E-state index < -0.39 is 0 Å². The number of imide groups is 1. The Kier molecular flexibility index (Phi) is 3.45. The van der Waals surface area contributed by atoms with Crippen LogP contribution < -0.4 is 0 Å². The number of nitrogens with zero attached hydrogens (tertiary/aromatic N) is 3. The van der Waals surface area contributed by atoms with Crippen LogP contribution in [0, 0.1) is 5.41 Å². The van der Waals surface area contributed by atoms with Crippen LogP contribution in [0.5, 0.6) is 0 Å². The maximum Gasteiger partial charge on any atom is 0.229 e. The predicted octanol–water partition coefficient (Wildman–Crippen LogP) is 0.912. The molecule has 1 saturated heterocycles. The van der Waals surface area contributed by atoms with E-state index in [4.69, 9.17) is 0 Å². The van der Waals surface area contributed by atoms with Gasteiger partial charge in [-0.25, -0.2) is 4.98 Å². The summed E-state index contributed by atoms with van der Waals surface area (Å²) in [5, 5.41) is 6.51. The van der Waals surface area contributed by atoms with Gasteiger partial charge in [0, 0.05) is 25.8 Å². The Balaban J connectivity index is 1.86. The van der Waals surface area contributed by atoms with Crippen molar-refractivity contribution in [2.45, 2.75) is 39.5 Å². The minimum atomic E-state index is -0.199. The second-order valence-corrected chi connectivity index (χ2v) is 5.49. The van der Waals surface area contributed by atoms with Crippen molar-refractivity contribution in [1.82, 2.24) is 20.1 Å². The smallest absolute Gasteiger partial charge is 0.229 e. The molecule has 1 aromatic rings. The number of rotatable bonds is 4. The Labute approximate surface area is 106 Å². The van der Waals surface area contributed by atoms with Crippen molar-refractivity contribution in [3.05, 3.63) is 12.2 Å². The van der Waals surface area contributed by atoms with Crippen molar-refractivity contribution >= 4 is 11.8 Å². The van der Waals surface area contributed by atoms with E-state index in [0.29, 0.717) is 32.2 Å². The van der Waals surface area contributed by atoms with E-state index in [1.54, 1.807) is 0 Å². The molecular formula is C12H18N4O2. The predicted molar refractivity (Wildman–Crippen MR) is 64.4 cm³/mol. The number of aromatic amines is 1. The van der Waals surface area contributed by atoms with Crippen LogP contribution in [0.2, 0.25) is 0 Å². The monoisotopic (exact) mass is 250 g/mol. The molecule has 6 heteroatoms. The molecule has 2 amide bonds. The second-order valence-electron chi connectivity index (χ2n) is 5.49. The molecule has 0 saturated carbocycles. The Hall–Kier alpha value is -1.72. The number of hydrogen-bond acceptors (Lipinski definition) is 4. The summed E-state index contributed by atoms with van der Waals surface area (Å²) in [5.74, 6) is 0.662. The van der Waals surface area contributed by atoms with Crippen LogP contribution >= 0.6 is 0 Å². The van der Waals surface area contributed by atoms with Gasteiger partial charge in [0.25, 0.3) is 0 Å². The molecule has 1 aromatic heterocycles. The zero-order valence-electron chi connectivity index (χ0n) is 10.8. The summed E-state index contributed by atoms with van der Waals surface area (Å²) < 4.78 is 0. The van der Waals surface area contributed by atoms with Gasteiger partial charge in [-0.3, -0.25) is 19.6 Å². The molecule has 1 N–H and O–H groups in total. The number of hydrogen-bond donors (Lipinski definition) is 1. The first-order valence-corrected chi connectivity index (χ1v) is 6.15. The largest absolute Gasteiger partial charge is 0.283 e. The summed E-state index contributed by atoms with van der Waals surface area (Å²) in [7, 11) is 0. The summed E-state index contributed by atoms with van der Waals surface area (Å²) in [4.78, 5) is 29.1. The highest BCUT2D eigenvalue weighted by Gasteiger charge is 2.36. The molecule has 2 heterocycles. The topological polar surface area (TPSA) is 79.0 Å². The van der Waals surface area contributed by atoms with Crippen LogP contribution in [-0.4, -0.2) is 38.4 Å². The number of amides is 2. The molecule has 1 aliphatic heterocycles. The number of aryl methyl sites for hydroxylation is 1. The first kappa shape index (κ1) is 12.7. The second kappa shape index (κ2) is 4.88. The van der Waals surface area contributed by atoms with Gasteiger partial charge in [-0.15, -0.1) is 0 Å². The van der Waals surface area contributed by atoms with Crippen molar-refractivity contribution in [2.75, 3.05) is 6.54 Å². The van der Waals surface area contributed by atoms with Gasteiger partial charge in [-0.05, 0) is 11.8 Å². The van der Waals surface area contributed by atoms with Crippen LogP contribution in [-0.2, 0) is 16.0 Å². The molecule has 98 valence electrons. The molecule has 6 nitrogen and oxygen atoms in total. The molecule has 1 fully saturated rings. The number of aromatic nitrogens is 3. The standard InChI is InChI=1S/C12H18N4O2/c1-12(2)6-10(17)16(11(18)7-12)5-3-4-9-13-8-14-15-9/h8H,3-7H2,1-2H3,(H,13,14,15). The van der Waals surface area contributed by atoms with Crippen LogP contribution in [0.25, 0.3) is 0 Å². The quantitative estimate of drug-likeness (QED) is 0.806. The van der Waals surface area contributed by atoms with E-state index in [9.17, 15) is 9.59 Å². The molecule has 2 rings (SSSR count). The third-order valence-electron chi connectivity index (χ3n) is 3.12. The fourth-order valence-corrected chi connectivity index (χ4v) is 2.22. The van der Waals surface area contributed by atoms with Crippen LogP contribution in [0.4, 0.5) is 0 Å².